The number of hydrogen-bond donors (Lipinski definition) is 1. The molecular formula is C17H11ClFN5. The van der Waals surface area contributed by atoms with Gasteiger partial charge in [0.05, 0.1) is 23.8 Å². The van der Waals surface area contributed by atoms with Gasteiger partial charge in [0.1, 0.15) is 11.3 Å². The number of pyridine rings is 1. The maximum atomic E-state index is 14.1. The Bertz CT molecular complexity index is 1020. The molecule has 4 aromatic rings. The van der Waals surface area contributed by atoms with E-state index >= 15 is 0 Å². The Morgan fingerprint density at radius 1 is 0.958 bits per heavy atom. The first-order valence-electron chi connectivity index (χ1n) is 7.18. The Morgan fingerprint density at radius 2 is 1.79 bits per heavy atom. The molecule has 0 radical (unpaired) electrons. The summed E-state index contributed by atoms with van der Waals surface area (Å²) in [6.07, 6.45) is 4.44. The number of imidazole rings is 1. The van der Waals surface area contributed by atoms with E-state index in [1.54, 1.807) is 10.6 Å². The van der Waals surface area contributed by atoms with E-state index in [2.05, 4.69) is 20.3 Å². The van der Waals surface area contributed by atoms with Crippen LogP contribution in [0, 0.1) is 5.82 Å². The zero-order valence-corrected chi connectivity index (χ0v) is 13.1. The number of nitrogens with one attached hydrogen (secondary N) is 1. The third-order valence-electron chi connectivity index (χ3n) is 3.53. The van der Waals surface area contributed by atoms with Crippen molar-refractivity contribution < 1.29 is 4.39 Å². The van der Waals surface area contributed by atoms with Gasteiger partial charge in [-0.3, -0.25) is 4.40 Å². The van der Waals surface area contributed by atoms with Gasteiger partial charge in [0, 0.05) is 11.9 Å². The molecule has 7 heteroatoms. The van der Waals surface area contributed by atoms with Gasteiger partial charge in [-0.25, -0.2) is 19.3 Å². The number of halogens is 2. The number of anilines is 2. The molecule has 0 aliphatic rings. The molecule has 0 bridgehead atoms. The SMILES string of the molecule is Fc1cnc(Cl)nc1-c1cnc2ccc(Nc3ccccc3)cn12. The highest BCUT2D eigenvalue weighted by atomic mass is 35.5. The number of rotatable bonds is 3. The molecule has 5 nitrogen and oxygen atoms in total. The number of para-hydroxylation sites is 1. The smallest absolute Gasteiger partial charge is 0.223 e. The van der Waals surface area contributed by atoms with Gasteiger partial charge in [-0.15, -0.1) is 0 Å². The van der Waals surface area contributed by atoms with Crippen LogP contribution < -0.4 is 5.32 Å². The lowest BCUT2D eigenvalue weighted by Gasteiger charge is -2.08. The lowest BCUT2D eigenvalue weighted by Crippen LogP contribution is -1.98. The largest absolute Gasteiger partial charge is 0.354 e. The van der Waals surface area contributed by atoms with Gasteiger partial charge in [-0.05, 0) is 35.9 Å². The average molecular weight is 340 g/mol. The highest BCUT2D eigenvalue weighted by Crippen LogP contribution is 2.25. The van der Waals surface area contributed by atoms with E-state index in [1.165, 1.54) is 0 Å². The molecule has 0 fully saturated rings. The van der Waals surface area contributed by atoms with Crippen LogP contribution in [0.4, 0.5) is 15.8 Å². The van der Waals surface area contributed by atoms with Crippen molar-refractivity contribution >= 4 is 28.6 Å². The van der Waals surface area contributed by atoms with Crippen molar-refractivity contribution in [2.24, 2.45) is 0 Å². The Balaban J connectivity index is 1.80. The Morgan fingerprint density at radius 3 is 2.62 bits per heavy atom. The Hall–Kier alpha value is -2.99. The summed E-state index contributed by atoms with van der Waals surface area (Å²) < 4.78 is 15.8. The van der Waals surface area contributed by atoms with E-state index in [-0.39, 0.29) is 11.0 Å². The molecule has 0 atom stereocenters. The van der Waals surface area contributed by atoms with Crippen molar-refractivity contribution in [3.8, 4) is 11.4 Å². The van der Waals surface area contributed by atoms with Crippen LogP contribution in [-0.4, -0.2) is 19.4 Å². The number of hydrogen-bond acceptors (Lipinski definition) is 4. The summed E-state index contributed by atoms with van der Waals surface area (Å²) >= 11 is 5.79. The molecule has 0 unspecified atom stereocenters. The summed E-state index contributed by atoms with van der Waals surface area (Å²) in [6.45, 7) is 0. The van der Waals surface area contributed by atoms with E-state index in [4.69, 9.17) is 11.6 Å². The molecule has 3 heterocycles. The molecule has 118 valence electrons. The summed E-state index contributed by atoms with van der Waals surface area (Å²) in [5.74, 6) is -0.553. The first kappa shape index (κ1) is 14.6. The second-order valence-electron chi connectivity index (χ2n) is 5.12. The minimum Gasteiger partial charge on any atom is -0.354 e. The highest BCUT2D eigenvalue weighted by Gasteiger charge is 2.14. The molecule has 0 saturated carbocycles. The minimum absolute atomic E-state index is 0.0140. The van der Waals surface area contributed by atoms with E-state index in [1.807, 2.05) is 48.7 Å². The molecule has 4 rings (SSSR count). The van der Waals surface area contributed by atoms with Crippen LogP contribution in [0.1, 0.15) is 0 Å². The van der Waals surface area contributed by atoms with Gasteiger partial charge in [-0.2, -0.15) is 0 Å². The van der Waals surface area contributed by atoms with Crippen LogP contribution in [0.2, 0.25) is 5.28 Å². The highest BCUT2D eigenvalue weighted by molar-refractivity contribution is 6.28. The summed E-state index contributed by atoms with van der Waals surface area (Å²) in [6, 6.07) is 13.5. The maximum absolute atomic E-state index is 14.1. The second-order valence-corrected chi connectivity index (χ2v) is 5.45. The third kappa shape index (κ3) is 2.68. The van der Waals surface area contributed by atoms with Crippen LogP contribution in [0.15, 0.2) is 61.1 Å². The van der Waals surface area contributed by atoms with Gasteiger partial charge in [-0.1, -0.05) is 18.2 Å². The van der Waals surface area contributed by atoms with Gasteiger partial charge in [0.15, 0.2) is 5.82 Å². The average Bonchev–Trinajstić information content (AvgIpc) is 3.01. The second kappa shape index (κ2) is 5.90. The van der Waals surface area contributed by atoms with Crippen LogP contribution in [0.25, 0.3) is 17.0 Å². The van der Waals surface area contributed by atoms with E-state index in [0.717, 1.165) is 17.6 Å². The zero-order valence-electron chi connectivity index (χ0n) is 12.3. The predicted molar refractivity (Wildman–Crippen MR) is 90.9 cm³/mol. The molecular weight excluding hydrogens is 329 g/mol. The van der Waals surface area contributed by atoms with Crippen molar-refractivity contribution in [2.75, 3.05) is 5.32 Å². The number of fused-ring (bicyclic) bond motifs is 1. The first-order chi connectivity index (χ1) is 11.7. The molecule has 3 aromatic heterocycles. The van der Waals surface area contributed by atoms with Crippen LogP contribution >= 0.6 is 11.6 Å². The summed E-state index contributed by atoms with van der Waals surface area (Å²) in [7, 11) is 0. The number of nitrogens with zero attached hydrogens (tertiary/aromatic N) is 4. The molecule has 1 N–H and O–H groups in total. The molecule has 0 amide bonds. The van der Waals surface area contributed by atoms with Gasteiger partial charge in [0.25, 0.3) is 0 Å². The molecule has 0 aliphatic carbocycles. The van der Waals surface area contributed by atoms with Crippen molar-refractivity contribution in [3.05, 3.63) is 72.2 Å². The minimum atomic E-state index is -0.553. The fourth-order valence-electron chi connectivity index (χ4n) is 2.44. The lowest BCUT2D eigenvalue weighted by atomic mass is 10.3. The van der Waals surface area contributed by atoms with Crippen LogP contribution in [-0.2, 0) is 0 Å². The van der Waals surface area contributed by atoms with Crippen molar-refractivity contribution in [2.45, 2.75) is 0 Å². The van der Waals surface area contributed by atoms with Crippen LogP contribution in [0.3, 0.4) is 0 Å². The lowest BCUT2D eigenvalue weighted by molar-refractivity contribution is 0.617. The number of aromatic nitrogens is 4. The van der Waals surface area contributed by atoms with Gasteiger partial charge < -0.3 is 5.32 Å². The predicted octanol–water partition coefficient (Wildman–Crippen LogP) is 4.33. The standard InChI is InChI=1S/C17H11ClFN5/c18-17-21-8-13(19)16(23-17)14-9-20-15-7-6-12(10-24(14)15)22-11-4-2-1-3-5-11/h1-10,22H. The zero-order chi connectivity index (χ0) is 16.5. The maximum Gasteiger partial charge on any atom is 0.223 e. The quantitative estimate of drug-likeness (QED) is 0.564. The van der Waals surface area contributed by atoms with E-state index in [0.29, 0.717) is 11.3 Å². The van der Waals surface area contributed by atoms with Gasteiger partial charge in [0.2, 0.25) is 5.28 Å². The normalized spacial score (nSPS) is 10.9. The Kier molecular flexibility index (Phi) is 3.59. The fraction of sp³-hybridized carbons (Fsp3) is 0. The Labute approximate surface area is 141 Å². The van der Waals surface area contributed by atoms with Crippen molar-refractivity contribution in [3.63, 3.8) is 0 Å². The monoisotopic (exact) mass is 339 g/mol. The topological polar surface area (TPSA) is 55.1 Å². The van der Waals surface area contributed by atoms with E-state index < -0.39 is 5.82 Å². The summed E-state index contributed by atoms with van der Waals surface area (Å²) in [5.41, 5.74) is 3.09. The molecule has 0 aliphatic heterocycles. The van der Waals surface area contributed by atoms with Gasteiger partial charge >= 0.3 is 0 Å². The van der Waals surface area contributed by atoms with E-state index in [9.17, 15) is 4.39 Å². The summed E-state index contributed by atoms with van der Waals surface area (Å²) in [4.78, 5) is 11.9. The van der Waals surface area contributed by atoms with Crippen LogP contribution in [0.5, 0.6) is 0 Å². The molecule has 1 aromatic carbocycles. The first-order valence-corrected chi connectivity index (χ1v) is 7.56. The molecule has 24 heavy (non-hydrogen) atoms. The van der Waals surface area contributed by atoms with Crippen molar-refractivity contribution in [1.29, 1.82) is 0 Å². The number of benzene rings is 1. The fourth-order valence-corrected chi connectivity index (χ4v) is 2.58. The molecule has 0 spiro atoms. The third-order valence-corrected chi connectivity index (χ3v) is 3.71. The molecule has 0 saturated heterocycles. The summed E-state index contributed by atoms with van der Waals surface area (Å²) in [5, 5.41) is 3.28. The van der Waals surface area contributed by atoms with Crippen molar-refractivity contribution in [1.82, 2.24) is 19.4 Å².